The van der Waals surface area contributed by atoms with Crippen LogP contribution in [0.5, 0.6) is 11.5 Å². The second-order valence-corrected chi connectivity index (χ2v) is 7.23. The van der Waals surface area contributed by atoms with Crippen molar-refractivity contribution in [2.24, 2.45) is 9.50 Å². The van der Waals surface area contributed by atoms with Crippen LogP contribution in [-0.4, -0.2) is 45.6 Å². The zero-order valence-corrected chi connectivity index (χ0v) is 15.7. The Morgan fingerprint density at radius 1 is 1.19 bits per heavy atom. The van der Waals surface area contributed by atoms with Gasteiger partial charge in [0.1, 0.15) is 4.90 Å². The Morgan fingerprint density at radius 3 is 2.63 bits per heavy atom. The topological polar surface area (TPSA) is 97.6 Å². The van der Waals surface area contributed by atoms with E-state index in [1.165, 1.54) is 31.3 Å². The highest BCUT2D eigenvalue weighted by Gasteiger charge is 2.30. The molecule has 1 aliphatic heterocycles. The minimum absolute atomic E-state index is 0.162. The van der Waals surface area contributed by atoms with Gasteiger partial charge >= 0.3 is 5.97 Å². The number of carbonyl (C=O) groups is 1. The van der Waals surface area contributed by atoms with Gasteiger partial charge in [-0.05, 0) is 35.9 Å². The Bertz CT molecular complexity index is 1060. The van der Waals surface area contributed by atoms with Crippen LogP contribution < -0.4 is 9.47 Å². The lowest BCUT2D eigenvalue weighted by Crippen LogP contribution is -2.21. The quantitative estimate of drug-likeness (QED) is 0.345. The largest absolute Gasteiger partial charge is 0.493 e. The van der Waals surface area contributed by atoms with E-state index in [1.54, 1.807) is 43.4 Å². The van der Waals surface area contributed by atoms with Gasteiger partial charge in [-0.15, -0.1) is 4.40 Å². The van der Waals surface area contributed by atoms with Crippen molar-refractivity contribution in [3.8, 4) is 11.5 Å². The van der Waals surface area contributed by atoms with Crippen LogP contribution >= 0.6 is 0 Å². The summed E-state index contributed by atoms with van der Waals surface area (Å²) in [4.78, 5) is 11.3. The van der Waals surface area contributed by atoms with Crippen LogP contribution in [0.2, 0.25) is 0 Å². The van der Waals surface area contributed by atoms with Crippen molar-refractivity contribution in [2.45, 2.75) is 11.8 Å². The Morgan fingerprint density at radius 2 is 1.93 bits per heavy atom. The lowest BCUT2D eigenvalue weighted by Gasteiger charge is -2.12. The molecule has 0 saturated heterocycles. The maximum absolute atomic E-state index is 12.1. The van der Waals surface area contributed by atoms with Gasteiger partial charge in [0.05, 0.1) is 13.3 Å². The van der Waals surface area contributed by atoms with E-state index >= 15 is 0 Å². The molecular weight excluding hydrogens is 370 g/mol. The molecule has 0 saturated carbocycles. The number of esters is 1. The predicted octanol–water partition coefficient (Wildman–Crippen LogP) is 2.04. The molecule has 9 heteroatoms. The van der Waals surface area contributed by atoms with Crippen LogP contribution in [0.4, 0.5) is 0 Å². The molecule has 1 heterocycles. The van der Waals surface area contributed by atoms with Crippen LogP contribution in [0, 0.1) is 0 Å². The van der Waals surface area contributed by atoms with Crippen LogP contribution in [0.3, 0.4) is 0 Å². The van der Waals surface area contributed by atoms with Gasteiger partial charge in [0.25, 0.3) is 10.0 Å². The van der Waals surface area contributed by atoms with Gasteiger partial charge in [0, 0.05) is 19.5 Å². The maximum atomic E-state index is 12.1. The second-order valence-electron chi connectivity index (χ2n) is 5.66. The molecule has 0 amide bonds. The fourth-order valence-electron chi connectivity index (χ4n) is 2.53. The summed E-state index contributed by atoms with van der Waals surface area (Å²) < 4.78 is 38.3. The Labute approximate surface area is 156 Å². The summed E-state index contributed by atoms with van der Waals surface area (Å²) in [5.74, 6) is 0.470. The number of hydrazone groups is 1. The van der Waals surface area contributed by atoms with Crippen molar-refractivity contribution in [2.75, 3.05) is 14.2 Å². The van der Waals surface area contributed by atoms with E-state index in [2.05, 4.69) is 9.50 Å². The zero-order chi connectivity index (χ0) is 19.6. The molecule has 0 bridgehead atoms. The van der Waals surface area contributed by atoms with Crippen molar-refractivity contribution >= 4 is 28.0 Å². The number of hydrogen-bond donors (Lipinski definition) is 0. The van der Waals surface area contributed by atoms with Crippen molar-refractivity contribution in [3.63, 3.8) is 0 Å². The number of nitrogens with zero attached hydrogens (tertiary/aromatic N) is 3. The summed E-state index contributed by atoms with van der Waals surface area (Å²) in [6.45, 7) is 1.30. The van der Waals surface area contributed by atoms with Crippen LogP contribution in [0.15, 0.2) is 56.9 Å². The molecule has 0 aromatic heterocycles. The number of amidine groups is 1. The van der Waals surface area contributed by atoms with E-state index < -0.39 is 16.0 Å². The van der Waals surface area contributed by atoms with E-state index in [0.717, 1.165) is 0 Å². The minimum Gasteiger partial charge on any atom is -0.493 e. The summed E-state index contributed by atoms with van der Waals surface area (Å²) in [5.41, 5.74) is 1.17. The average molecular weight is 387 g/mol. The van der Waals surface area contributed by atoms with Crippen molar-refractivity contribution in [3.05, 3.63) is 53.6 Å². The molecule has 140 valence electrons. The third-order valence-electron chi connectivity index (χ3n) is 3.74. The fraction of sp³-hybridized carbons (Fsp3) is 0.167. The van der Waals surface area contributed by atoms with E-state index in [1.807, 2.05) is 0 Å². The third-order valence-corrected chi connectivity index (χ3v) is 5.07. The SMILES string of the molecule is COc1cc(C=NN(C)C2=NS(=O)(=O)c3ccccc32)ccc1OC(C)=O. The molecule has 0 aliphatic carbocycles. The number of sulfonamides is 1. The van der Waals surface area contributed by atoms with E-state index in [0.29, 0.717) is 22.6 Å². The summed E-state index contributed by atoms with van der Waals surface area (Å²) in [6.07, 6.45) is 1.52. The summed E-state index contributed by atoms with van der Waals surface area (Å²) in [7, 11) is -0.635. The summed E-state index contributed by atoms with van der Waals surface area (Å²) in [6, 6.07) is 11.5. The highest BCUT2D eigenvalue weighted by atomic mass is 32.2. The highest BCUT2D eigenvalue weighted by molar-refractivity contribution is 7.90. The molecule has 2 aromatic rings. The summed E-state index contributed by atoms with van der Waals surface area (Å²) >= 11 is 0. The van der Waals surface area contributed by atoms with Crippen LogP contribution in [0.25, 0.3) is 0 Å². The zero-order valence-electron chi connectivity index (χ0n) is 14.9. The standard InChI is InChI=1S/C18H17N3O5S/c1-12(22)26-15-9-8-13(10-16(15)25-3)11-19-21(2)18-14-6-4-5-7-17(14)27(23,24)20-18/h4-11H,1-3H3. The minimum atomic E-state index is -3.71. The Hall–Kier alpha value is -3.20. The number of methoxy groups -OCH3 is 1. The van der Waals surface area contributed by atoms with Crippen molar-refractivity contribution in [1.29, 1.82) is 0 Å². The van der Waals surface area contributed by atoms with Crippen molar-refractivity contribution in [1.82, 2.24) is 5.01 Å². The summed E-state index contributed by atoms with van der Waals surface area (Å²) in [5, 5.41) is 5.64. The molecule has 3 rings (SSSR count). The highest BCUT2D eigenvalue weighted by Crippen LogP contribution is 2.28. The van der Waals surface area contributed by atoms with Gasteiger partial charge in [0.15, 0.2) is 17.3 Å². The molecule has 8 nitrogen and oxygen atoms in total. The average Bonchev–Trinajstić information content (AvgIpc) is 2.92. The van der Waals surface area contributed by atoms with Crippen molar-refractivity contribution < 1.29 is 22.7 Å². The number of benzene rings is 2. The van der Waals surface area contributed by atoms with Gasteiger partial charge in [-0.2, -0.15) is 13.5 Å². The fourth-order valence-corrected chi connectivity index (χ4v) is 3.76. The second kappa shape index (κ2) is 7.20. The number of carbonyl (C=O) groups excluding carboxylic acids is 1. The van der Waals surface area contributed by atoms with Crippen LogP contribution in [0.1, 0.15) is 18.1 Å². The molecule has 0 radical (unpaired) electrons. The molecule has 0 fully saturated rings. The van der Waals surface area contributed by atoms with E-state index in [9.17, 15) is 13.2 Å². The van der Waals surface area contributed by atoms with E-state index in [-0.39, 0.29) is 10.7 Å². The Balaban J connectivity index is 1.86. The number of rotatable bonds is 4. The smallest absolute Gasteiger partial charge is 0.308 e. The monoisotopic (exact) mass is 387 g/mol. The van der Waals surface area contributed by atoms with Gasteiger partial charge in [0.2, 0.25) is 0 Å². The lowest BCUT2D eigenvalue weighted by molar-refractivity contribution is -0.132. The number of ether oxygens (including phenoxy) is 2. The van der Waals surface area contributed by atoms with Gasteiger partial charge in [-0.25, -0.2) is 5.01 Å². The maximum Gasteiger partial charge on any atom is 0.308 e. The Kier molecular flexibility index (Phi) is 4.95. The molecule has 1 aliphatic rings. The molecule has 0 N–H and O–H groups in total. The molecule has 0 atom stereocenters. The first kappa shape index (κ1) is 18.6. The third kappa shape index (κ3) is 3.82. The normalized spacial score (nSPS) is 14.6. The first-order valence-corrected chi connectivity index (χ1v) is 9.34. The molecule has 2 aromatic carbocycles. The molecule has 0 spiro atoms. The molecule has 0 unspecified atom stereocenters. The molecule has 27 heavy (non-hydrogen) atoms. The van der Waals surface area contributed by atoms with E-state index in [4.69, 9.17) is 9.47 Å². The number of hydrogen-bond acceptors (Lipinski definition) is 7. The van der Waals surface area contributed by atoms with Gasteiger partial charge in [-0.1, -0.05) is 12.1 Å². The van der Waals surface area contributed by atoms with Gasteiger partial charge < -0.3 is 9.47 Å². The first-order chi connectivity index (χ1) is 12.8. The van der Waals surface area contributed by atoms with Crippen LogP contribution in [-0.2, 0) is 14.8 Å². The molecular formula is C18H17N3O5S. The number of fused-ring (bicyclic) bond motifs is 1. The predicted molar refractivity (Wildman–Crippen MR) is 99.8 cm³/mol. The lowest BCUT2D eigenvalue weighted by atomic mass is 10.2. The van der Waals surface area contributed by atoms with Gasteiger partial charge in [-0.3, -0.25) is 4.79 Å². The first-order valence-electron chi connectivity index (χ1n) is 7.90.